The molecule has 13 aromatic rings. The molecule has 0 spiro atoms. The molecule has 79 heavy (non-hydrogen) atoms. The van der Waals surface area contributed by atoms with Crippen LogP contribution in [-0.2, 0) is 11.8 Å². The molecule has 15 rings (SSSR count). The third kappa shape index (κ3) is 7.51. The van der Waals surface area contributed by atoms with Crippen LogP contribution >= 0.6 is 0 Å². The SMILES string of the molecule is CCCCc1cc2oc3ccccc3c2cc1N1c2ccc(-c3ccccc3)cc2B2c3ccc(-n4c5ccccc5c5ccccc54)cc3N(c3c(-c4ccccc4)cccc3-c3ccccc3)c3cc(C(C)(C)C)cc1c32. The van der Waals surface area contributed by atoms with Gasteiger partial charge in [-0.15, -0.1) is 0 Å². The van der Waals surface area contributed by atoms with Crippen LogP contribution in [0.15, 0.2) is 247 Å². The third-order valence-corrected chi connectivity index (χ3v) is 16.9. The number of anilines is 6. The molecule has 0 aliphatic carbocycles. The summed E-state index contributed by atoms with van der Waals surface area (Å²) in [6.45, 7) is 9.28. The van der Waals surface area contributed by atoms with Gasteiger partial charge in [-0.05, 0) is 129 Å². The first kappa shape index (κ1) is 46.9. The number of fused-ring (bicyclic) bond motifs is 10. The second-order valence-corrected chi connectivity index (χ2v) is 22.6. The van der Waals surface area contributed by atoms with Crippen LogP contribution in [0.5, 0.6) is 0 Å². The molecule has 4 nitrogen and oxygen atoms in total. The minimum absolute atomic E-state index is 0.131. The first-order valence-corrected chi connectivity index (χ1v) is 28.1. The van der Waals surface area contributed by atoms with Gasteiger partial charge in [-0.3, -0.25) is 0 Å². The van der Waals surface area contributed by atoms with Gasteiger partial charge in [-0.25, -0.2) is 0 Å². The van der Waals surface area contributed by atoms with Crippen molar-refractivity contribution in [2.45, 2.75) is 52.4 Å². The van der Waals surface area contributed by atoms with Crippen LogP contribution < -0.4 is 26.2 Å². The normalized spacial score (nSPS) is 12.9. The minimum atomic E-state index is -0.224. The Morgan fingerprint density at radius 3 is 1.66 bits per heavy atom. The van der Waals surface area contributed by atoms with E-state index in [2.05, 4.69) is 285 Å². The van der Waals surface area contributed by atoms with Gasteiger partial charge in [0.15, 0.2) is 0 Å². The van der Waals surface area contributed by atoms with Crippen LogP contribution in [0.3, 0.4) is 0 Å². The molecule has 0 radical (unpaired) electrons. The van der Waals surface area contributed by atoms with Crippen LogP contribution in [-0.4, -0.2) is 11.3 Å². The first-order chi connectivity index (χ1) is 38.8. The molecule has 4 heterocycles. The van der Waals surface area contributed by atoms with Crippen molar-refractivity contribution >= 4 is 101 Å². The highest BCUT2D eigenvalue weighted by molar-refractivity contribution is 7.00. The fourth-order valence-electron chi connectivity index (χ4n) is 13.1. The average Bonchev–Trinajstić information content (AvgIpc) is 4.08. The molecule has 0 amide bonds. The van der Waals surface area contributed by atoms with E-state index in [4.69, 9.17) is 4.42 Å². The molecule has 378 valence electrons. The Morgan fingerprint density at radius 1 is 0.418 bits per heavy atom. The van der Waals surface area contributed by atoms with E-state index >= 15 is 0 Å². The predicted molar refractivity (Wildman–Crippen MR) is 336 cm³/mol. The Labute approximate surface area is 462 Å². The zero-order chi connectivity index (χ0) is 52.9. The summed E-state index contributed by atoms with van der Waals surface area (Å²) >= 11 is 0. The van der Waals surface area contributed by atoms with Crippen molar-refractivity contribution in [1.82, 2.24) is 4.57 Å². The van der Waals surface area contributed by atoms with Gasteiger partial charge in [0, 0.05) is 61.1 Å². The number of para-hydroxylation sites is 4. The smallest absolute Gasteiger partial charge is 0.252 e. The lowest BCUT2D eigenvalue weighted by Gasteiger charge is -2.46. The van der Waals surface area contributed by atoms with E-state index in [0.29, 0.717) is 0 Å². The standard InChI is InChI=1S/C74H58BN3O/c1-5-6-23-52-43-71-60(59-32-18-21-37-70(59)79-71)47-66(52)77-65-41-38-51(48-24-10-7-11-25-48)42-62(65)75-61-40-39-54(76-63-35-19-16-30-57(63)58-31-17-20-36-64(58)76)46-67(61)78(69-45-53(74(2,3)4)44-68(77)72(69)75)73-55(49-26-12-8-13-27-49)33-22-34-56(73)50-28-14-9-15-29-50/h7-22,24-47H,5-6,23H2,1-4H3. The van der Waals surface area contributed by atoms with Gasteiger partial charge in [-0.1, -0.05) is 216 Å². The van der Waals surface area contributed by atoms with E-state index in [9.17, 15) is 0 Å². The number of nitrogens with zero attached hydrogens (tertiary/aromatic N) is 3. The number of aromatic nitrogens is 1. The van der Waals surface area contributed by atoms with Gasteiger partial charge in [-0.2, -0.15) is 0 Å². The fourth-order valence-corrected chi connectivity index (χ4v) is 13.1. The molecule has 0 N–H and O–H groups in total. The summed E-state index contributed by atoms with van der Waals surface area (Å²) in [6, 6.07) is 90.7. The summed E-state index contributed by atoms with van der Waals surface area (Å²) in [4.78, 5) is 5.33. The quantitative estimate of drug-likeness (QED) is 0.135. The monoisotopic (exact) mass is 1020 g/mol. The van der Waals surface area contributed by atoms with Crippen molar-refractivity contribution in [1.29, 1.82) is 0 Å². The van der Waals surface area contributed by atoms with Crippen LogP contribution in [0.2, 0.25) is 0 Å². The Bertz CT molecular complexity index is 4420. The maximum atomic E-state index is 6.70. The summed E-state index contributed by atoms with van der Waals surface area (Å²) in [7, 11) is 0. The third-order valence-electron chi connectivity index (χ3n) is 16.9. The lowest BCUT2D eigenvalue weighted by atomic mass is 9.33. The number of benzene rings is 11. The summed E-state index contributed by atoms with van der Waals surface area (Å²) in [5, 5.41) is 4.75. The Kier molecular flexibility index (Phi) is 10.9. The molecule has 0 bridgehead atoms. The van der Waals surface area contributed by atoms with Crippen LogP contribution in [0.1, 0.15) is 51.7 Å². The number of furan rings is 1. The number of hydrogen-bond acceptors (Lipinski definition) is 3. The van der Waals surface area contributed by atoms with E-state index in [1.807, 2.05) is 0 Å². The number of rotatable bonds is 9. The summed E-state index contributed by atoms with van der Waals surface area (Å²) in [6.07, 6.45) is 3.06. The largest absolute Gasteiger partial charge is 0.456 e. The molecule has 11 aromatic carbocycles. The molecule has 0 fully saturated rings. The maximum Gasteiger partial charge on any atom is 0.252 e. The maximum absolute atomic E-state index is 6.70. The van der Waals surface area contributed by atoms with Crippen LogP contribution in [0.25, 0.3) is 82.8 Å². The van der Waals surface area contributed by atoms with E-state index in [-0.39, 0.29) is 12.1 Å². The fraction of sp³-hybridized carbons (Fsp3) is 0.108. The van der Waals surface area contributed by atoms with Crippen molar-refractivity contribution in [3.63, 3.8) is 0 Å². The predicted octanol–water partition coefficient (Wildman–Crippen LogP) is 18.4. The zero-order valence-electron chi connectivity index (χ0n) is 45.0. The Balaban J connectivity index is 1.11. The Morgan fingerprint density at radius 2 is 1.01 bits per heavy atom. The molecule has 5 heteroatoms. The minimum Gasteiger partial charge on any atom is -0.456 e. The Hall–Kier alpha value is -9.32. The molecular weight excluding hydrogens is 958 g/mol. The van der Waals surface area contributed by atoms with Crippen molar-refractivity contribution in [3.05, 3.63) is 254 Å². The molecule has 2 aromatic heterocycles. The van der Waals surface area contributed by atoms with Crippen molar-refractivity contribution in [3.8, 4) is 39.1 Å². The van der Waals surface area contributed by atoms with E-state index in [0.717, 1.165) is 58.3 Å². The van der Waals surface area contributed by atoms with Crippen molar-refractivity contribution < 1.29 is 4.42 Å². The van der Waals surface area contributed by atoms with Crippen LogP contribution in [0.4, 0.5) is 34.1 Å². The lowest BCUT2D eigenvalue weighted by molar-refractivity contribution is 0.590. The van der Waals surface area contributed by atoms with Crippen LogP contribution in [0, 0.1) is 0 Å². The van der Waals surface area contributed by atoms with E-state index < -0.39 is 0 Å². The first-order valence-electron chi connectivity index (χ1n) is 28.1. The molecule has 0 unspecified atom stereocenters. The number of aryl methyl sites for hydroxylation is 1. The summed E-state index contributed by atoms with van der Waals surface area (Å²) < 4.78 is 9.18. The second kappa shape index (κ2) is 18.4. The number of hydrogen-bond donors (Lipinski definition) is 0. The van der Waals surface area contributed by atoms with Gasteiger partial charge < -0.3 is 18.8 Å². The average molecular weight is 1020 g/mol. The summed E-state index contributed by atoms with van der Waals surface area (Å²) in [5.41, 5.74) is 25.7. The van der Waals surface area contributed by atoms with Gasteiger partial charge in [0.2, 0.25) is 0 Å². The highest BCUT2D eigenvalue weighted by atomic mass is 16.3. The van der Waals surface area contributed by atoms with Gasteiger partial charge in [0.1, 0.15) is 11.2 Å². The highest BCUT2D eigenvalue weighted by Gasteiger charge is 2.46. The number of unbranched alkanes of at least 4 members (excludes halogenated alkanes) is 1. The molecule has 0 saturated heterocycles. The topological polar surface area (TPSA) is 24.6 Å². The second-order valence-electron chi connectivity index (χ2n) is 22.6. The van der Waals surface area contributed by atoms with Crippen molar-refractivity contribution in [2.24, 2.45) is 0 Å². The highest BCUT2D eigenvalue weighted by Crippen LogP contribution is 2.52. The lowest BCUT2D eigenvalue weighted by Crippen LogP contribution is -2.61. The van der Waals surface area contributed by atoms with Crippen molar-refractivity contribution in [2.75, 3.05) is 9.80 Å². The molecule has 0 saturated carbocycles. The van der Waals surface area contributed by atoms with Gasteiger partial charge in [0.25, 0.3) is 6.71 Å². The van der Waals surface area contributed by atoms with E-state index in [1.54, 1.807) is 0 Å². The zero-order valence-corrected chi connectivity index (χ0v) is 45.0. The summed E-state index contributed by atoms with van der Waals surface area (Å²) in [5.74, 6) is 0. The molecular formula is C74H58BN3O. The molecule has 2 aliphatic heterocycles. The van der Waals surface area contributed by atoms with Gasteiger partial charge >= 0.3 is 0 Å². The molecule has 0 atom stereocenters. The van der Waals surface area contributed by atoms with Gasteiger partial charge in [0.05, 0.1) is 22.4 Å². The molecule has 2 aliphatic rings. The van der Waals surface area contributed by atoms with E-state index in [1.165, 1.54) is 105 Å².